The lowest BCUT2D eigenvalue weighted by atomic mass is 10.2. The summed E-state index contributed by atoms with van der Waals surface area (Å²) in [6, 6.07) is -0.673. The van der Waals surface area contributed by atoms with Crippen molar-refractivity contribution in [2.24, 2.45) is 0 Å². The molecule has 1 saturated heterocycles. The molecular formula is C7H10N2O4. The van der Waals surface area contributed by atoms with E-state index in [1.54, 1.807) is 7.05 Å². The molecule has 0 aliphatic carbocycles. The van der Waals surface area contributed by atoms with E-state index in [2.05, 4.69) is 5.32 Å². The van der Waals surface area contributed by atoms with Crippen molar-refractivity contribution in [2.75, 3.05) is 13.6 Å². The largest absolute Gasteiger partial charge is 0.474 e. The second-order valence-corrected chi connectivity index (χ2v) is 2.88. The number of hydrogen-bond donors (Lipinski definition) is 2. The molecule has 6 heteroatoms. The van der Waals surface area contributed by atoms with Gasteiger partial charge in [-0.2, -0.15) is 0 Å². The third-order valence-electron chi connectivity index (χ3n) is 1.93. The Bertz CT molecular complexity index is 263. The SMILES string of the molecule is CN1CCC(NC(=O)C(=O)O)C1=O. The highest BCUT2D eigenvalue weighted by Crippen LogP contribution is 2.07. The number of amides is 2. The maximum Gasteiger partial charge on any atom is 0.394 e. The summed E-state index contributed by atoms with van der Waals surface area (Å²) in [6.07, 6.45) is 0.467. The van der Waals surface area contributed by atoms with Gasteiger partial charge in [-0.15, -0.1) is 0 Å². The van der Waals surface area contributed by atoms with E-state index < -0.39 is 17.9 Å². The van der Waals surface area contributed by atoms with Crippen molar-refractivity contribution in [3.8, 4) is 0 Å². The van der Waals surface area contributed by atoms with Crippen molar-refractivity contribution < 1.29 is 19.5 Å². The molecule has 0 bridgehead atoms. The van der Waals surface area contributed by atoms with Crippen molar-refractivity contribution in [2.45, 2.75) is 12.5 Å². The maximum absolute atomic E-state index is 11.2. The third kappa shape index (κ3) is 1.95. The summed E-state index contributed by atoms with van der Waals surface area (Å²) in [7, 11) is 1.61. The zero-order valence-electron chi connectivity index (χ0n) is 7.11. The Morgan fingerprint density at radius 3 is 2.62 bits per heavy atom. The summed E-state index contributed by atoms with van der Waals surface area (Å²) in [5.74, 6) is -2.94. The second-order valence-electron chi connectivity index (χ2n) is 2.88. The molecule has 2 amide bonds. The average Bonchev–Trinajstić information content (AvgIpc) is 2.36. The number of nitrogens with one attached hydrogen (secondary N) is 1. The van der Waals surface area contributed by atoms with Crippen LogP contribution in [0.4, 0.5) is 0 Å². The van der Waals surface area contributed by atoms with Gasteiger partial charge in [0.1, 0.15) is 6.04 Å². The molecule has 6 nitrogen and oxygen atoms in total. The van der Waals surface area contributed by atoms with E-state index in [9.17, 15) is 14.4 Å². The second kappa shape index (κ2) is 3.42. The van der Waals surface area contributed by atoms with Crippen LogP contribution >= 0.6 is 0 Å². The zero-order chi connectivity index (χ0) is 10.0. The van der Waals surface area contributed by atoms with Crippen LogP contribution < -0.4 is 5.32 Å². The van der Waals surface area contributed by atoms with Gasteiger partial charge in [-0.3, -0.25) is 9.59 Å². The van der Waals surface area contributed by atoms with Gasteiger partial charge in [0.15, 0.2) is 0 Å². The normalized spacial score (nSPS) is 21.8. The molecule has 1 atom stereocenters. The quantitative estimate of drug-likeness (QED) is 0.484. The van der Waals surface area contributed by atoms with Crippen molar-refractivity contribution in [3.63, 3.8) is 0 Å². The molecule has 1 fully saturated rings. The van der Waals surface area contributed by atoms with E-state index in [0.29, 0.717) is 13.0 Å². The highest BCUT2D eigenvalue weighted by molar-refractivity contribution is 6.32. The summed E-state index contributed by atoms with van der Waals surface area (Å²) < 4.78 is 0. The molecule has 1 unspecified atom stereocenters. The monoisotopic (exact) mass is 186 g/mol. The van der Waals surface area contributed by atoms with Crippen molar-refractivity contribution in [1.82, 2.24) is 10.2 Å². The van der Waals surface area contributed by atoms with Crippen LogP contribution in [0.15, 0.2) is 0 Å². The first-order chi connectivity index (χ1) is 6.02. The fourth-order valence-corrected chi connectivity index (χ4v) is 1.18. The molecule has 0 aromatic heterocycles. The molecular weight excluding hydrogens is 176 g/mol. The number of rotatable bonds is 1. The van der Waals surface area contributed by atoms with E-state index in [-0.39, 0.29) is 5.91 Å². The molecule has 0 saturated carbocycles. The lowest BCUT2D eigenvalue weighted by Gasteiger charge is -2.09. The van der Waals surface area contributed by atoms with Crippen LogP contribution in [0, 0.1) is 0 Å². The summed E-state index contributed by atoms with van der Waals surface area (Å²) in [6.45, 7) is 0.545. The van der Waals surface area contributed by atoms with Crippen molar-refractivity contribution in [1.29, 1.82) is 0 Å². The smallest absolute Gasteiger partial charge is 0.394 e. The summed E-state index contributed by atoms with van der Waals surface area (Å²) in [4.78, 5) is 33.4. The molecule has 72 valence electrons. The van der Waals surface area contributed by atoms with Gasteiger partial charge in [-0.1, -0.05) is 0 Å². The minimum Gasteiger partial charge on any atom is -0.474 e. The number of aliphatic carboxylic acids is 1. The van der Waals surface area contributed by atoms with Crippen LogP contribution in [0.25, 0.3) is 0 Å². The van der Waals surface area contributed by atoms with E-state index in [0.717, 1.165) is 0 Å². The zero-order valence-corrected chi connectivity index (χ0v) is 7.11. The Morgan fingerprint density at radius 1 is 1.62 bits per heavy atom. The topological polar surface area (TPSA) is 86.7 Å². The molecule has 0 aromatic carbocycles. The fourth-order valence-electron chi connectivity index (χ4n) is 1.18. The first-order valence-corrected chi connectivity index (χ1v) is 3.81. The number of carbonyl (C=O) groups is 3. The number of hydrogen-bond acceptors (Lipinski definition) is 3. The lowest BCUT2D eigenvalue weighted by Crippen LogP contribution is -2.43. The highest BCUT2D eigenvalue weighted by Gasteiger charge is 2.31. The van der Waals surface area contributed by atoms with Crippen LogP contribution in [-0.2, 0) is 14.4 Å². The van der Waals surface area contributed by atoms with E-state index in [1.165, 1.54) is 4.90 Å². The fraction of sp³-hybridized carbons (Fsp3) is 0.571. The van der Waals surface area contributed by atoms with Gasteiger partial charge in [0, 0.05) is 13.6 Å². The maximum atomic E-state index is 11.2. The highest BCUT2D eigenvalue weighted by atomic mass is 16.4. The Kier molecular flexibility index (Phi) is 2.50. The van der Waals surface area contributed by atoms with Crippen molar-refractivity contribution in [3.05, 3.63) is 0 Å². The van der Waals surface area contributed by atoms with E-state index >= 15 is 0 Å². The number of likely N-dealkylation sites (tertiary alicyclic amines) is 1. The summed E-state index contributed by atoms with van der Waals surface area (Å²) >= 11 is 0. The van der Waals surface area contributed by atoms with Gasteiger partial charge in [0.2, 0.25) is 5.91 Å². The Labute approximate surface area is 74.5 Å². The predicted molar refractivity (Wildman–Crippen MR) is 41.8 cm³/mol. The van der Waals surface area contributed by atoms with Gasteiger partial charge in [0.05, 0.1) is 0 Å². The van der Waals surface area contributed by atoms with Crippen LogP contribution in [0.1, 0.15) is 6.42 Å². The number of likely N-dealkylation sites (N-methyl/N-ethyl adjacent to an activating group) is 1. The molecule has 0 spiro atoms. The number of carboxylic acid groups (broad SMARTS) is 1. The van der Waals surface area contributed by atoms with E-state index in [4.69, 9.17) is 5.11 Å². The van der Waals surface area contributed by atoms with Gasteiger partial charge in [0.25, 0.3) is 0 Å². The van der Waals surface area contributed by atoms with Gasteiger partial charge < -0.3 is 15.3 Å². The molecule has 0 aromatic rings. The van der Waals surface area contributed by atoms with Crippen LogP contribution in [0.3, 0.4) is 0 Å². The third-order valence-corrected chi connectivity index (χ3v) is 1.93. The minimum atomic E-state index is -1.57. The lowest BCUT2D eigenvalue weighted by molar-refractivity contribution is -0.151. The summed E-state index contributed by atoms with van der Waals surface area (Å²) in [5, 5.41) is 10.4. The van der Waals surface area contributed by atoms with Gasteiger partial charge >= 0.3 is 11.9 Å². The molecule has 13 heavy (non-hydrogen) atoms. The predicted octanol–water partition coefficient (Wildman–Crippen LogP) is -1.58. The first kappa shape index (κ1) is 9.50. The summed E-state index contributed by atoms with van der Waals surface area (Å²) in [5.41, 5.74) is 0. The number of nitrogens with zero attached hydrogens (tertiary/aromatic N) is 1. The van der Waals surface area contributed by atoms with E-state index in [1.807, 2.05) is 0 Å². The molecule has 1 rings (SSSR count). The van der Waals surface area contributed by atoms with Crippen molar-refractivity contribution >= 4 is 17.8 Å². The Balaban J connectivity index is 2.52. The Morgan fingerprint density at radius 2 is 2.23 bits per heavy atom. The minimum absolute atomic E-state index is 0.241. The van der Waals surface area contributed by atoms with Crippen LogP contribution in [-0.4, -0.2) is 47.4 Å². The first-order valence-electron chi connectivity index (χ1n) is 3.81. The average molecular weight is 186 g/mol. The van der Waals surface area contributed by atoms with Gasteiger partial charge in [-0.05, 0) is 6.42 Å². The number of carbonyl (C=O) groups excluding carboxylic acids is 2. The van der Waals surface area contributed by atoms with Gasteiger partial charge in [-0.25, -0.2) is 4.79 Å². The Hall–Kier alpha value is -1.59. The standard InChI is InChI=1S/C7H10N2O4/c1-9-3-2-4(6(9)11)8-5(10)7(12)13/h4H,2-3H2,1H3,(H,8,10)(H,12,13). The van der Waals surface area contributed by atoms with Crippen LogP contribution in [0.2, 0.25) is 0 Å². The number of carboxylic acids is 1. The molecule has 1 aliphatic heterocycles. The molecule has 2 N–H and O–H groups in total. The molecule has 1 aliphatic rings. The molecule has 0 radical (unpaired) electrons. The van der Waals surface area contributed by atoms with Crippen LogP contribution in [0.5, 0.6) is 0 Å². The molecule has 1 heterocycles.